The maximum Gasteiger partial charge on any atom is 0.245 e. The lowest BCUT2D eigenvalue weighted by Crippen LogP contribution is -2.56. The largest absolute Gasteiger partial charge is 0.344 e. The highest BCUT2D eigenvalue weighted by Gasteiger charge is 2.30. The first-order valence-electron chi connectivity index (χ1n) is 9.70. The van der Waals surface area contributed by atoms with Crippen molar-refractivity contribution < 1.29 is 14.1 Å². The molecule has 1 N–H and O–H groups in total. The highest BCUT2D eigenvalue weighted by molar-refractivity contribution is 6.30. The topological polar surface area (TPSA) is 91.6 Å². The van der Waals surface area contributed by atoms with E-state index in [1.54, 1.807) is 12.1 Å². The Balaban J connectivity index is 1.54. The number of nitrogens with zero attached hydrogens (tertiary/aromatic N) is 4. The van der Waals surface area contributed by atoms with E-state index < -0.39 is 6.04 Å². The molecule has 1 fully saturated rings. The fourth-order valence-corrected chi connectivity index (χ4v) is 3.41. The molecule has 0 bridgehead atoms. The maximum absolute atomic E-state index is 12.8. The van der Waals surface area contributed by atoms with E-state index in [4.69, 9.17) is 16.1 Å². The first-order valence-corrected chi connectivity index (χ1v) is 10.1. The molecule has 3 rings (SSSR count). The smallest absolute Gasteiger partial charge is 0.245 e. The van der Waals surface area contributed by atoms with Crippen molar-refractivity contribution in [2.24, 2.45) is 5.92 Å². The molecule has 2 amide bonds. The summed E-state index contributed by atoms with van der Waals surface area (Å²) in [4.78, 5) is 32.6. The molecule has 1 aliphatic rings. The molecule has 0 radical (unpaired) electrons. The van der Waals surface area contributed by atoms with Crippen molar-refractivity contribution in [1.29, 1.82) is 0 Å². The van der Waals surface area contributed by atoms with Gasteiger partial charge in [0.15, 0.2) is 0 Å². The SMILES string of the molecule is CC(=O)NC(C(=O)N1CCN(Cc2nc(-c3ccc(Cl)cc3)no2)CC1)C(C)C. The predicted octanol–water partition coefficient (Wildman–Crippen LogP) is 2.19. The molecule has 1 aromatic carbocycles. The third kappa shape index (κ3) is 5.55. The average molecular weight is 420 g/mol. The molecule has 1 aliphatic heterocycles. The Morgan fingerprint density at radius 1 is 1.17 bits per heavy atom. The predicted molar refractivity (Wildman–Crippen MR) is 109 cm³/mol. The summed E-state index contributed by atoms with van der Waals surface area (Å²) in [7, 11) is 0. The summed E-state index contributed by atoms with van der Waals surface area (Å²) in [5.41, 5.74) is 0.845. The lowest BCUT2D eigenvalue weighted by molar-refractivity contribution is -0.139. The Bertz CT molecular complexity index is 844. The van der Waals surface area contributed by atoms with Gasteiger partial charge >= 0.3 is 0 Å². The summed E-state index contributed by atoms with van der Waals surface area (Å²) in [5, 5.41) is 7.45. The van der Waals surface area contributed by atoms with E-state index in [-0.39, 0.29) is 17.7 Å². The fourth-order valence-electron chi connectivity index (χ4n) is 3.28. The van der Waals surface area contributed by atoms with Crippen molar-refractivity contribution in [3.8, 4) is 11.4 Å². The van der Waals surface area contributed by atoms with Gasteiger partial charge in [0.2, 0.25) is 23.5 Å². The number of piperazine rings is 1. The molecule has 1 unspecified atom stereocenters. The molecule has 1 atom stereocenters. The van der Waals surface area contributed by atoms with Crippen molar-refractivity contribution >= 4 is 23.4 Å². The van der Waals surface area contributed by atoms with Crippen molar-refractivity contribution in [1.82, 2.24) is 25.3 Å². The zero-order valence-corrected chi connectivity index (χ0v) is 17.6. The molecular weight excluding hydrogens is 394 g/mol. The number of carbonyl (C=O) groups is 2. The molecule has 1 saturated heterocycles. The summed E-state index contributed by atoms with van der Waals surface area (Å²) in [6.45, 7) is 8.43. The molecule has 8 nitrogen and oxygen atoms in total. The summed E-state index contributed by atoms with van der Waals surface area (Å²) < 4.78 is 5.38. The standard InChI is InChI=1S/C20H26ClN5O3/c1-13(2)18(22-14(3)27)20(28)26-10-8-25(9-11-26)12-17-23-19(24-29-17)15-4-6-16(21)7-5-15/h4-7,13,18H,8-12H2,1-3H3,(H,22,27). The van der Waals surface area contributed by atoms with Crippen LogP contribution < -0.4 is 5.32 Å². The number of halogens is 1. The van der Waals surface area contributed by atoms with Crippen LogP contribution in [0, 0.1) is 5.92 Å². The molecule has 156 valence electrons. The van der Waals surface area contributed by atoms with Gasteiger partial charge in [-0.05, 0) is 30.2 Å². The number of amides is 2. The minimum absolute atomic E-state index is 0.0299. The van der Waals surface area contributed by atoms with E-state index in [0.717, 1.165) is 5.56 Å². The van der Waals surface area contributed by atoms with Gasteiger partial charge < -0.3 is 14.7 Å². The van der Waals surface area contributed by atoms with Crippen LogP contribution in [0.4, 0.5) is 0 Å². The van der Waals surface area contributed by atoms with Crippen LogP contribution in [0.5, 0.6) is 0 Å². The monoisotopic (exact) mass is 419 g/mol. The van der Waals surface area contributed by atoms with Gasteiger partial charge in [-0.2, -0.15) is 4.98 Å². The Hall–Kier alpha value is -2.45. The summed E-state index contributed by atoms with van der Waals surface area (Å²) in [6.07, 6.45) is 0. The summed E-state index contributed by atoms with van der Waals surface area (Å²) in [6, 6.07) is 6.78. The second kappa shape index (κ2) is 9.37. The Morgan fingerprint density at radius 2 is 1.83 bits per heavy atom. The Kier molecular flexibility index (Phi) is 6.87. The summed E-state index contributed by atoms with van der Waals surface area (Å²) >= 11 is 5.91. The van der Waals surface area contributed by atoms with E-state index in [9.17, 15) is 9.59 Å². The summed E-state index contributed by atoms with van der Waals surface area (Å²) in [5.74, 6) is 0.879. The van der Waals surface area contributed by atoms with Crippen molar-refractivity contribution in [3.05, 3.63) is 35.2 Å². The molecule has 2 heterocycles. The van der Waals surface area contributed by atoms with Crippen LogP contribution in [0.3, 0.4) is 0 Å². The minimum atomic E-state index is -0.489. The van der Waals surface area contributed by atoms with Gasteiger partial charge in [0.05, 0.1) is 6.54 Å². The molecule has 0 spiro atoms. The first kappa shape index (κ1) is 21.3. The van der Waals surface area contributed by atoms with Gasteiger partial charge in [-0.3, -0.25) is 14.5 Å². The van der Waals surface area contributed by atoms with Crippen LogP contribution in [-0.2, 0) is 16.1 Å². The van der Waals surface area contributed by atoms with Gasteiger partial charge in [-0.25, -0.2) is 0 Å². The lowest BCUT2D eigenvalue weighted by Gasteiger charge is -2.36. The van der Waals surface area contributed by atoms with E-state index in [0.29, 0.717) is 49.5 Å². The second-order valence-electron chi connectivity index (χ2n) is 7.54. The van der Waals surface area contributed by atoms with Crippen LogP contribution in [0.15, 0.2) is 28.8 Å². The van der Waals surface area contributed by atoms with Gasteiger partial charge in [0.1, 0.15) is 6.04 Å². The normalized spacial score (nSPS) is 16.1. The minimum Gasteiger partial charge on any atom is -0.344 e. The number of hydrogen-bond acceptors (Lipinski definition) is 6. The maximum atomic E-state index is 12.8. The number of nitrogens with one attached hydrogen (secondary N) is 1. The van der Waals surface area contributed by atoms with Gasteiger partial charge in [0.25, 0.3) is 0 Å². The highest BCUT2D eigenvalue weighted by atomic mass is 35.5. The van der Waals surface area contributed by atoms with Crippen molar-refractivity contribution in [2.75, 3.05) is 26.2 Å². The molecule has 2 aromatic rings. The zero-order chi connectivity index (χ0) is 21.0. The van der Waals surface area contributed by atoms with E-state index in [1.165, 1.54) is 6.92 Å². The van der Waals surface area contributed by atoms with Crippen LogP contribution in [0.25, 0.3) is 11.4 Å². The molecule has 9 heteroatoms. The lowest BCUT2D eigenvalue weighted by atomic mass is 10.0. The third-order valence-electron chi connectivity index (χ3n) is 4.90. The van der Waals surface area contributed by atoms with Gasteiger partial charge in [-0.15, -0.1) is 0 Å². The second-order valence-corrected chi connectivity index (χ2v) is 7.98. The van der Waals surface area contributed by atoms with Crippen molar-refractivity contribution in [3.63, 3.8) is 0 Å². The van der Waals surface area contributed by atoms with Crippen LogP contribution in [0.2, 0.25) is 5.02 Å². The molecule has 0 aliphatic carbocycles. The van der Waals surface area contributed by atoms with Crippen LogP contribution in [-0.4, -0.2) is 64.0 Å². The molecule has 29 heavy (non-hydrogen) atoms. The number of rotatable bonds is 6. The number of benzene rings is 1. The Morgan fingerprint density at radius 3 is 2.41 bits per heavy atom. The van der Waals surface area contributed by atoms with E-state index >= 15 is 0 Å². The highest BCUT2D eigenvalue weighted by Crippen LogP contribution is 2.19. The zero-order valence-electron chi connectivity index (χ0n) is 16.9. The van der Waals surface area contributed by atoms with E-state index in [1.807, 2.05) is 30.9 Å². The first-order chi connectivity index (χ1) is 13.8. The van der Waals surface area contributed by atoms with Crippen molar-refractivity contribution in [2.45, 2.75) is 33.4 Å². The van der Waals surface area contributed by atoms with Gasteiger partial charge in [0, 0.05) is 43.7 Å². The third-order valence-corrected chi connectivity index (χ3v) is 5.16. The van der Waals surface area contributed by atoms with E-state index in [2.05, 4.69) is 20.4 Å². The number of carbonyl (C=O) groups excluding carboxylic acids is 2. The van der Waals surface area contributed by atoms with Crippen LogP contribution >= 0.6 is 11.6 Å². The number of hydrogen-bond donors (Lipinski definition) is 1. The Labute approximate surface area is 175 Å². The van der Waals surface area contributed by atoms with Crippen LogP contribution in [0.1, 0.15) is 26.7 Å². The average Bonchev–Trinajstić information content (AvgIpc) is 3.15. The molecular formula is C20H26ClN5O3. The number of aromatic nitrogens is 2. The molecule has 0 saturated carbocycles. The molecule has 1 aromatic heterocycles. The van der Waals surface area contributed by atoms with Gasteiger partial charge in [-0.1, -0.05) is 30.6 Å². The quantitative estimate of drug-likeness (QED) is 0.771. The fraction of sp³-hybridized carbons (Fsp3) is 0.500.